The average Bonchev–Trinajstić information content (AvgIpc) is 3.09. The number of rotatable bonds is 5. The average molecular weight is 700 g/mol. The van der Waals surface area contributed by atoms with Crippen LogP contribution >= 0.6 is 61.1 Å². The van der Waals surface area contributed by atoms with E-state index < -0.39 is 5.97 Å². The summed E-state index contributed by atoms with van der Waals surface area (Å²) in [5, 5.41) is 0. The fourth-order valence-corrected chi connectivity index (χ4v) is 5.32. The first-order valence-electron chi connectivity index (χ1n) is 9.35. The number of ether oxygens (including phenoxy) is 2. The number of hydrogen-bond donors (Lipinski definition) is 0. The van der Waals surface area contributed by atoms with Crippen LogP contribution in [0.15, 0.2) is 75.8 Å². The minimum Gasteiger partial charge on any atom is -0.487 e. The second-order valence-electron chi connectivity index (χ2n) is 6.93. The van der Waals surface area contributed by atoms with E-state index in [-0.39, 0.29) is 5.70 Å². The van der Waals surface area contributed by atoms with Gasteiger partial charge in [-0.3, -0.25) is 0 Å². The van der Waals surface area contributed by atoms with Crippen molar-refractivity contribution in [3.63, 3.8) is 0 Å². The summed E-state index contributed by atoms with van der Waals surface area (Å²) in [6.07, 6.45) is 1.74. The number of nitrogens with zero attached hydrogens (tertiary/aromatic N) is 1. The second-order valence-corrected chi connectivity index (χ2v) is 10.2. The second kappa shape index (κ2) is 9.83. The topological polar surface area (TPSA) is 47.9 Å². The van der Waals surface area contributed by atoms with Gasteiger partial charge in [-0.2, -0.15) is 0 Å². The zero-order chi connectivity index (χ0) is 22.0. The predicted octanol–water partition coefficient (Wildman–Crippen LogP) is 6.89. The molecule has 1 aliphatic rings. The molecule has 0 bridgehead atoms. The molecule has 0 spiro atoms. The lowest BCUT2D eigenvalue weighted by molar-refractivity contribution is -0.129. The summed E-state index contributed by atoms with van der Waals surface area (Å²) in [5.41, 5.74) is 4.24. The van der Waals surface area contributed by atoms with Crippen molar-refractivity contribution in [1.29, 1.82) is 0 Å². The SMILES string of the molecule is Cc1ccc(COc2c(I)cc(/C=C3\N=C(c4ccc(Br)cc4)OC3=O)cc2I)cc1. The number of benzene rings is 3. The van der Waals surface area contributed by atoms with E-state index in [1.54, 1.807) is 6.08 Å². The molecule has 0 saturated heterocycles. The van der Waals surface area contributed by atoms with Crippen molar-refractivity contribution in [1.82, 2.24) is 0 Å². The van der Waals surface area contributed by atoms with E-state index in [0.29, 0.717) is 12.5 Å². The Bertz CT molecular complexity index is 1180. The Morgan fingerprint density at radius 2 is 1.68 bits per heavy atom. The van der Waals surface area contributed by atoms with E-state index >= 15 is 0 Å². The summed E-state index contributed by atoms with van der Waals surface area (Å²) in [7, 11) is 0. The number of hydrogen-bond acceptors (Lipinski definition) is 4. The van der Waals surface area contributed by atoms with Crippen molar-refractivity contribution in [2.24, 2.45) is 4.99 Å². The molecule has 0 aromatic heterocycles. The third-order valence-electron chi connectivity index (χ3n) is 4.54. The Kier molecular flexibility index (Phi) is 7.12. The Balaban J connectivity index is 1.54. The van der Waals surface area contributed by atoms with Crippen LogP contribution in [-0.4, -0.2) is 11.9 Å². The van der Waals surface area contributed by atoms with Gasteiger partial charge in [0.1, 0.15) is 12.4 Å². The van der Waals surface area contributed by atoms with Crippen molar-refractivity contribution in [2.75, 3.05) is 0 Å². The largest absolute Gasteiger partial charge is 0.487 e. The maximum atomic E-state index is 12.3. The van der Waals surface area contributed by atoms with Crippen LogP contribution in [0.1, 0.15) is 22.3 Å². The molecule has 31 heavy (non-hydrogen) atoms. The first kappa shape index (κ1) is 22.5. The third kappa shape index (κ3) is 5.56. The number of cyclic esters (lactones) is 1. The maximum Gasteiger partial charge on any atom is 0.363 e. The van der Waals surface area contributed by atoms with Gasteiger partial charge in [-0.15, -0.1) is 0 Å². The predicted molar refractivity (Wildman–Crippen MR) is 142 cm³/mol. The first-order chi connectivity index (χ1) is 14.9. The maximum absolute atomic E-state index is 12.3. The standard InChI is InChI=1S/C24H16BrI2NO3/c1-14-2-4-15(5-3-14)13-30-22-19(26)10-16(11-20(22)27)12-21-24(29)31-23(28-21)17-6-8-18(25)9-7-17/h2-12H,13H2,1H3/b21-12-. The lowest BCUT2D eigenvalue weighted by Crippen LogP contribution is -2.05. The highest BCUT2D eigenvalue weighted by molar-refractivity contribution is 14.1. The smallest absolute Gasteiger partial charge is 0.363 e. The quantitative estimate of drug-likeness (QED) is 0.166. The number of esters is 1. The van der Waals surface area contributed by atoms with Gasteiger partial charge in [-0.1, -0.05) is 45.8 Å². The molecule has 0 atom stereocenters. The molecule has 7 heteroatoms. The summed E-state index contributed by atoms with van der Waals surface area (Å²) in [5.74, 6) is 0.686. The molecular formula is C24H16BrI2NO3. The van der Waals surface area contributed by atoms with Gasteiger partial charge in [0.05, 0.1) is 7.14 Å². The summed E-state index contributed by atoms with van der Waals surface area (Å²) in [4.78, 5) is 16.7. The highest BCUT2D eigenvalue weighted by Gasteiger charge is 2.24. The zero-order valence-electron chi connectivity index (χ0n) is 16.4. The summed E-state index contributed by atoms with van der Waals surface area (Å²) >= 11 is 7.90. The molecule has 0 fully saturated rings. The van der Waals surface area contributed by atoms with Gasteiger partial charge < -0.3 is 9.47 Å². The van der Waals surface area contributed by atoms with Crippen molar-refractivity contribution in [2.45, 2.75) is 13.5 Å². The van der Waals surface area contributed by atoms with Crippen LogP contribution in [0.2, 0.25) is 0 Å². The minimum atomic E-state index is -0.456. The van der Waals surface area contributed by atoms with Gasteiger partial charge in [-0.25, -0.2) is 9.79 Å². The molecular weight excluding hydrogens is 684 g/mol. The highest BCUT2D eigenvalue weighted by Crippen LogP contribution is 2.31. The molecule has 1 heterocycles. The van der Waals surface area contributed by atoms with Crippen LogP contribution in [0.5, 0.6) is 5.75 Å². The monoisotopic (exact) mass is 699 g/mol. The van der Waals surface area contributed by atoms with E-state index in [1.165, 1.54) is 5.56 Å². The van der Waals surface area contributed by atoms with Crippen molar-refractivity contribution in [3.05, 3.63) is 100 Å². The summed E-state index contributed by atoms with van der Waals surface area (Å²) in [6.45, 7) is 2.57. The molecule has 4 rings (SSSR count). The minimum absolute atomic E-state index is 0.276. The van der Waals surface area contributed by atoms with Crippen molar-refractivity contribution in [3.8, 4) is 5.75 Å². The Morgan fingerprint density at radius 1 is 1.03 bits per heavy atom. The lowest BCUT2D eigenvalue weighted by Gasteiger charge is -2.12. The van der Waals surface area contributed by atoms with Gasteiger partial charge in [0, 0.05) is 10.0 Å². The molecule has 0 unspecified atom stereocenters. The molecule has 0 amide bonds. The van der Waals surface area contributed by atoms with Gasteiger partial charge in [0.2, 0.25) is 5.90 Å². The van der Waals surface area contributed by atoms with Crippen LogP contribution in [0.25, 0.3) is 6.08 Å². The number of carbonyl (C=O) groups is 1. The number of halogens is 3. The molecule has 156 valence electrons. The third-order valence-corrected chi connectivity index (χ3v) is 6.67. The number of carbonyl (C=O) groups excluding carboxylic acids is 1. The molecule has 0 saturated carbocycles. The van der Waals surface area contributed by atoms with Crippen LogP contribution in [0.3, 0.4) is 0 Å². The van der Waals surface area contributed by atoms with E-state index in [1.807, 2.05) is 36.4 Å². The number of aliphatic imine (C=N–C) groups is 1. The fraction of sp³-hybridized carbons (Fsp3) is 0.0833. The molecule has 3 aromatic carbocycles. The molecule has 4 nitrogen and oxygen atoms in total. The van der Waals surface area contributed by atoms with Gasteiger partial charge in [0.25, 0.3) is 0 Å². The lowest BCUT2D eigenvalue weighted by atomic mass is 10.1. The van der Waals surface area contributed by atoms with Crippen LogP contribution in [0.4, 0.5) is 0 Å². The molecule has 1 aliphatic heterocycles. The molecule has 0 N–H and O–H groups in total. The first-order valence-corrected chi connectivity index (χ1v) is 12.3. The van der Waals surface area contributed by atoms with Crippen LogP contribution < -0.4 is 4.74 Å². The van der Waals surface area contributed by atoms with E-state index in [0.717, 1.165) is 34.1 Å². The number of aryl methyl sites for hydroxylation is 1. The van der Waals surface area contributed by atoms with Crippen molar-refractivity contribution < 1.29 is 14.3 Å². The van der Waals surface area contributed by atoms with Gasteiger partial charge >= 0.3 is 5.97 Å². The zero-order valence-corrected chi connectivity index (χ0v) is 22.3. The van der Waals surface area contributed by atoms with E-state index in [2.05, 4.69) is 97.3 Å². The Labute approximate surface area is 216 Å². The van der Waals surface area contributed by atoms with Crippen LogP contribution in [0, 0.1) is 14.1 Å². The summed E-state index contributed by atoms with van der Waals surface area (Å²) < 4.78 is 14.3. The van der Waals surface area contributed by atoms with Gasteiger partial charge in [0.15, 0.2) is 5.70 Å². The van der Waals surface area contributed by atoms with Crippen molar-refractivity contribution >= 4 is 79.1 Å². The van der Waals surface area contributed by atoms with E-state index in [4.69, 9.17) is 9.47 Å². The van der Waals surface area contributed by atoms with E-state index in [9.17, 15) is 4.79 Å². The van der Waals surface area contributed by atoms with Gasteiger partial charge in [-0.05, 0) is 106 Å². The fourth-order valence-electron chi connectivity index (χ4n) is 2.92. The normalized spacial score (nSPS) is 14.5. The Hall–Kier alpha value is -1.72. The molecule has 0 radical (unpaired) electrons. The molecule has 3 aromatic rings. The highest BCUT2D eigenvalue weighted by atomic mass is 127. The molecule has 0 aliphatic carbocycles. The Morgan fingerprint density at radius 3 is 2.32 bits per heavy atom. The van der Waals surface area contributed by atoms with Crippen LogP contribution in [-0.2, 0) is 16.1 Å². The summed E-state index contributed by atoms with van der Waals surface area (Å²) in [6, 6.07) is 19.7.